The van der Waals surface area contributed by atoms with Crippen LogP contribution in [-0.2, 0) is 29.0 Å². The number of carbonyl (C=O) groups is 1. The second kappa shape index (κ2) is 10.9. The van der Waals surface area contributed by atoms with E-state index in [0.717, 1.165) is 0 Å². The van der Waals surface area contributed by atoms with Gasteiger partial charge in [0.25, 0.3) is 0 Å². The number of para-hydroxylation sites is 1. The average molecular weight is 559 g/mol. The molecule has 0 bridgehead atoms. The van der Waals surface area contributed by atoms with E-state index in [1.165, 1.54) is 24.7 Å². The van der Waals surface area contributed by atoms with Crippen LogP contribution in [0.15, 0.2) is 48.8 Å². The summed E-state index contributed by atoms with van der Waals surface area (Å²) in [7, 11) is -4.23. The molecule has 1 aromatic carbocycles. The molecule has 0 radical (unpaired) electrons. The minimum absolute atomic E-state index is 0.0223. The fourth-order valence-electron chi connectivity index (χ4n) is 4.16. The molecule has 4 N–H and O–H groups in total. The molecule has 208 valence electrons. The maximum Gasteiger partial charge on any atom is 0.459 e. The summed E-state index contributed by atoms with van der Waals surface area (Å²) in [6.07, 6.45) is -1.33. The zero-order valence-corrected chi connectivity index (χ0v) is 22.9. The van der Waals surface area contributed by atoms with Crippen LogP contribution in [0.3, 0.4) is 0 Å². The molecule has 3 aromatic rings. The van der Waals surface area contributed by atoms with Crippen LogP contribution >= 0.6 is 7.75 Å². The van der Waals surface area contributed by atoms with Crippen molar-refractivity contribution in [3.05, 3.63) is 54.5 Å². The van der Waals surface area contributed by atoms with Gasteiger partial charge >= 0.3 is 13.7 Å². The number of fused-ring (bicyclic) bond motifs is 1. The highest BCUT2D eigenvalue weighted by Gasteiger charge is 2.53. The molecule has 1 fully saturated rings. The van der Waals surface area contributed by atoms with Gasteiger partial charge in [0.1, 0.15) is 35.3 Å². The summed E-state index contributed by atoms with van der Waals surface area (Å²) >= 11 is 0. The van der Waals surface area contributed by atoms with Crippen molar-refractivity contribution in [3.8, 4) is 11.8 Å². The number of hydrogen-bond donors (Lipinski definition) is 3. The molecule has 1 aliphatic rings. The fourth-order valence-corrected chi connectivity index (χ4v) is 5.86. The Morgan fingerprint density at radius 3 is 2.74 bits per heavy atom. The molecular formula is C25H31N6O7P. The highest BCUT2D eigenvalue weighted by molar-refractivity contribution is 7.52. The van der Waals surface area contributed by atoms with Crippen LogP contribution in [0, 0.1) is 11.3 Å². The van der Waals surface area contributed by atoms with E-state index in [0.29, 0.717) is 5.52 Å². The third-order valence-electron chi connectivity index (χ3n) is 6.01. The zero-order chi connectivity index (χ0) is 28.4. The van der Waals surface area contributed by atoms with Crippen LogP contribution in [0.1, 0.15) is 39.8 Å². The third-order valence-corrected chi connectivity index (χ3v) is 7.78. The number of rotatable bonds is 10. The number of nitrogen functional groups attached to an aromatic ring is 1. The van der Waals surface area contributed by atoms with Crippen LogP contribution in [-0.4, -0.2) is 56.1 Å². The lowest BCUT2D eigenvalue weighted by Gasteiger charge is -2.30. The number of anilines is 1. The van der Waals surface area contributed by atoms with Crippen molar-refractivity contribution in [1.82, 2.24) is 19.7 Å². The van der Waals surface area contributed by atoms with Crippen LogP contribution < -0.4 is 15.3 Å². The van der Waals surface area contributed by atoms with Gasteiger partial charge in [0.15, 0.2) is 5.82 Å². The minimum atomic E-state index is -4.23. The first-order chi connectivity index (χ1) is 18.4. The van der Waals surface area contributed by atoms with Crippen molar-refractivity contribution in [2.45, 2.75) is 63.6 Å². The van der Waals surface area contributed by atoms with Crippen molar-refractivity contribution >= 4 is 25.1 Å². The topological polar surface area (TPSA) is 183 Å². The second-order valence-corrected chi connectivity index (χ2v) is 11.5. The lowest BCUT2D eigenvalue weighted by Crippen LogP contribution is -2.47. The first-order valence-corrected chi connectivity index (χ1v) is 13.8. The number of aromatic nitrogens is 3. The van der Waals surface area contributed by atoms with Crippen molar-refractivity contribution in [2.24, 2.45) is 0 Å². The van der Waals surface area contributed by atoms with Crippen LogP contribution in [0.5, 0.6) is 5.75 Å². The Morgan fingerprint density at radius 1 is 1.36 bits per heavy atom. The van der Waals surface area contributed by atoms with E-state index in [2.05, 4.69) is 21.2 Å². The summed E-state index contributed by atoms with van der Waals surface area (Å²) in [5.41, 5.74) is 3.35. The molecule has 4 rings (SSSR count). The molecule has 39 heavy (non-hydrogen) atoms. The van der Waals surface area contributed by atoms with E-state index in [-0.39, 0.29) is 30.3 Å². The Balaban J connectivity index is 1.56. The Morgan fingerprint density at radius 2 is 2.08 bits per heavy atom. The molecule has 4 atom stereocenters. The third kappa shape index (κ3) is 5.90. The number of hydrogen-bond acceptors (Lipinski definition) is 11. The molecule has 1 saturated heterocycles. The van der Waals surface area contributed by atoms with Crippen LogP contribution in [0.25, 0.3) is 5.52 Å². The summed E-state index contributed by atoms with van der Waals surface area (Å²) in [5.74, 6) is -0.229. The van der Waals surface area contributed by atoms with E-state index in [1.54, 1.807) is 56.3 Å². The van der Waals surface area contributed by atoms with Crippen molar-refractivity contribution in [2.75, 3.05) is 12.3 Å². The number of aliphatic hydroxyl groups is 1. The SMILES string of the molecule is CC(C)OC(=O)C(C)(C)NP(=O)(OC[C@@H]1C[C@@H](O)[C@](C#N)(c2ccc3c(N)ncnn23)O1)Oc1ccccc1. The van der Waals surface area contributed by atoms with Crippen molar-refractivity contribution in [1.29, 1.82) is 5.26 Å². The zero-order valence-electron chi connectivity index (χ0n) is 22.0. The normalized spacial score (nSPS) is 22.9. The first kappa shape index (κ1) is 28.5. The monoisotopic (exact) mass is 558 g/mol. The Labute approximate surface area is 225 Å². The molecule has 3 heterocycles. The minimum Gasteiger partial charge on any atom is -0.462 e. The highest BCUT2D eigenvalue weighted by Crippen LogP contribution is 2.48. The van der Waals surface area contributed by atoms with Gasteiger partial charge in [-0.05, 0) is 52.0 Å². The Bertz CT molecular complexity index is 1420. The molecule has 0 spiro atoms. The predicted octanol–water partition coefficient (Wildman–Crippen LogP) is 2.70. The summed E-state index contributed by atoms with van der Waals surface area (Å²) in [6, 6.07) is 13.5. The van der Waals surface area contributed by atoms with Gasteiger partial charge in [-0.25, -0.2) is 14.1 Å². The summed E-state index contributed by atoms with van der Waals surface area (Å²) in [4.78, 5) is 16.6. The van der Waals surface area contributed by atoms with Gasteiger partial charge in [-0.1, -0.05) is 18.2 Å². The predicted molar refractivity (Wildman–Crippen MR) is 139 cm³/mol. The van der Waals surface area contributed by atoms with E-state index in [9.17, 15) is 19.7 Å². The van der Waals surface area contributed by atoms with Gasteiger partial charge in [-0.3, -0.25) is 9.32 Å². The quantitative estimate of drug-likeness (QED) is 0.245. The Kier molecular flexibility index (Phi) is 7.97. The number of carbonyl (C=O) groups excluding carboxylic acids is 1. The van der Waals surface area contributed by atoms with E-state index < -0.39 is 43.2 Å². The van der Waals surface area contributed by atoms with Crippen molar-refractivity contribution < 1.29 is 33.0 Å². The molecule has 13 nitrogen and oxygen atoms in total. The van der Waals surface area contributed by atoms with Gasteiger partial charge in [0, 0.05) is 6.42 Å². The van der Waals surface area contributed by atoms with Crippen LogP contribution in [0.2, 0.25) is 0 Å². The molecule has 0 amide bonds. The second-order valence-electron chi connectivity index (χ2n) is 9.89. The van der Waals surface area contributed by atoms with Gasteiger partial charge < -0.3 is 24.8 Å². The molecule has 1 unspecified atom stereocenters. The van der Waals surface area contributed by atoms with Crippen LogP contribution in [0.4, 0.5) is 5.82 Å². The number of benzene rings is 1. The summed E-state index contributed by atoms with van der Waals surface area (Å²) in [5, 5.41) is 27.9. The average Bonchev–Trinajstić information content (AvgIpc) is 3.45. The summed E-state index contributed by atoms with van der Waals surface area (Å²) in [6.45, 7) is 6.04. The highest BCUT2D eigenvalue weighted by atomic mass is 31.2. The number of aliphatic hydroxyl groups excluding tert-OH is 1. The summed E-state index contributed by atoms with van der Waals surface area (Å²) < 4.78 is 38.0. The number of nitrogens with zero attached hydrogens (tertiary/aromatic N) is 4. The van der Waals surface area contributed by atoms with Gasteiger partial charge in [0.05, 0.1) is 24.5 Å². The maximum absolute atomic E-state index is 13.9. The van der Waals surface area contributed by atoms with E-state index in [1.807, 2.05) is 0 Å². The lowest BCUT2D eigenvalue weighted by atomic mass is 9.94. The number of nitriles is 1. The number of esters is 1. The van der Waals surface area contributed by atoms with Gasteiger partial charge in [-0.15, -0.1) is 0 Å². The molecule has 14 heteroatoms. The largest absolute Gasteiger partial charge is 0.462 e. The van der Waals surface area contributed by atoms with E-state index in [4.69, 9.17) is 24.3 Å². The first-order valence-electron chi connectivity index (χ1n) is 12.2. The van der Waals surface area contributed by atoms with Crippen molar-refractivity contribution in [3.63, 3.8) is 0 Å². The van der Waals surface area contributed by atoms with Gasteiger partial charge in [0.2, 0.25) is 5.60 Å². The standard InChI is InChI=1S/C25H31N6O7P/c1-16(2)36-23(33)24(3,4)30-39(34,38-17-8-6-5-7-9-17)35-13-18-12-21(32)25(14-26,37-18)20-11-10-19-22(27)28-15-29-31(19)20/h5-11,15-16,18,21,32H,12-13H2,1-4H3,(H,30,34)(H2,27,28,29)/t18-,21+,25-,39?/m0/s1. The molecule has 0 aliphatic carbocycles. The Hall–Kier alpha value is -3.53. The molecule has 0 saturated carbocycles. The maximum atomic E-state index is 13.9. The van der Waals surface area contributed by atoms with Gasteiger partial charge in [-0.2, -0.15) is 15.4 Å². The van der Waals surface area contributed by atoms with E-state index >= 15 is 0 Å². The fraction of sp³-hybridized carbons (Fsp3) is 0.440. The molecular weight excluding hydrogens is 527 g/mol. The lowest BCUT2D eigenvalue weighted by molar-refractivity contribution is -0.153. The number of ether oxygens (including phenoxy) is 2. The molecule has 1 aliphatic heterocycles. The number of nitrogens with two attached hydrogens (primary N) is 1. The molecule has 2 aromatic heterocycles. The number of nitrogens with one attached hydrogen (secondary N) is 1. The smallest absolute Gasteiger partial charge is 0.459 e.